The van der Waals surface area contributed by atoms with Gasteiger partial charge in [-0.05, 0) is 97.2 Å². The van der Waals surface area contributed by atoms with Crippen molar-refractivity contribution in [3.05, 3.63) is 59.2 Å². The number of benzene rings is 2. The first-order valence-corrected chi connectivity index (χ1v) is 13.9. The monoisotopic (exact) mass is 499 g/mol. The molecule has 3 N–H and O–H groups in total. The summed E-state index contributed by atoms with van der Waals surface area (Å²) in [6.45, 7) is 2.33. The molecule has 2 fully saturated rings. The fourth-order valence-corrected chi connectivity index (χ4v) is 7.45. The molecule has 0 spiro atoms. The number of phenols is 1. The highest BCUT2D eigenvalue weighted by molar-refractivity contribution is 7.89. The summed E-state index contributed by atoms with van der Waals surface area (Å²) < 4.78 is 34.2. The van der Waals surface area contributed by atoms with Crippen molar-refractivity contribution in [2.45, 2.75) is 69.0 Å². The Morgan fingerprint density at radius 2 is 1.89 bits per heavy atom. The lowest BCUT2D eigenvalue weighted by Crippen LogP contribution is -2.45. The Bertz CT molecular complexity index is 1210. The van der Waals surface area contributed by atoms with E-state index in [2.05, 4.69) is 13.0 Å². The molecule has 8 heteroatoms. The van der Waals surface area contributed by atoms with Gasteiger partial charge in [-0.3, -0.25) is 0 Å². The number of rotatable bonds is 6. The molecule has 0 bridgehead atoms. The zero-order valence-corrected chi connectivity index (χ0v) is 20.8. The molecule has 0 aliphatic heterocycles. The van der Waals surface area contributed by atoms with Crippen LogP contribution in [0.15, 0.2) is 47.4 Å². The fourth-order valence-electron chi connectivity index (χ4n) is 6.93. The highest BCUT2D eigenvalue weighted by atomic mass is 32.2. The molecule has 3 aliphatic carbocycles. The van der Waals surface area contributed by atoms with Crippen LogP contribution in [0.2, 0.25) is 0 Å². The first-order chi connectivity index (χ1) is 16.6. The lowest BCUT2D eigenvalue weighted by molar-refractivity contribution is -0.163. The smallest absolute Gasteiger partial charge is 0.332 e. The largest absolute Gasteiger partial charge is 0.508 e. The van der Waals surface area contributed by atoms with Crippen LogP contribution < -0.4 is 5.14 Å². The van der Waals surface area contributed by atoms with Gasteiger partial charge in [-0.1, -0.05) is 25.1 Å². The molecule has 2 aromatic carbocycles. The molecule has 5 atom stereocenters. The quantitative estimate of drug-likeness (QED) is 0.580. The van der Waals surface area contributed by atoms with E-state index in [0.717, 1.165) is 44.1 Å². The van der Waals surface area contributed by atoms with Crippen LogP contribution in [0, 0.1) is 17.3 Å². The molecule has 0 amide bonds. The number of esters is 1. The van der Waals surface area contributed by atoms with Gasteiger partial charge in [-0.15, -0.1) is 0 Å². The van der Waals surface area contributed by atoms with E-state index in [4.69, 9.17) is 14.6 Å². The molecule has 35 heavy (non-hydrogen) atoms. The summed E-state index contributed by atoms with van der Waals surface area (Å²) in [6, 6.07) is 11.9. The Balaban J connectivity index is 1.17. The molecule has 7 nitrogen and oxygen atoms in total. The summed E-state index contributed by atoms with van der Waals surface area (Å²) in [5.74, 6) is 1.63. The number of hydrogen-bond acceptors (Lipinski definition) is 6. The maximum absolute atomic E-state index is 12.6. The molecule has 0 heterocycles. The lowest BCUT2D eigenvalue weighted by Gasteiger charge is -2.50. The van der Waals surface area contributed by atoms with Gasteiger partial charge in [0.2, 0.25) is 10.0 Å². The van der Waals surface area contributed by atoms with Gasteiger partial charge in [0.25, 0.3) is 0 Å². The molecule has 3 aliphatic rings. The first kappa shape index (κ1) is 24.3. The Morgan fingerprint density at radius 1 is 1.11 bits per heavy atom. The molecule has 2 saturated carbocycles. The summed E-state index contributed by atoms with van der Waals surface area (Å²) >= 11 is 0. The Morgan fingerprint density at radius 3 is 2.63 bits per heavy atom. The van der Waals surface area contributed by atoms with E-state index in [1.807, 2.05) is 12.1 Å². The average Bonchev–Trinajstić information content (AvgIpc) is 3.14. The number of phenolic OH excluding ortho intramolecular Hbond substituents is 1. The van der Waals surface area contributed by atoms with Gasteiger partial charge in [-0.2, -0.15) is 0 Å². The molecular formula is C27H33NO6S. The van der Waals surface area contributed by atoms with Crippen molar-refractivity contribution >= 4 is 16.0 Å². The van der Waals surface area contributed by atoms with Crippen molar-refractivity contribution in [1.82, 2.24) is 0 Å². The van der Waals surface area contributed by atoms with Crippen molar-refractivity contribution < 1.29 is 27.8 Å². The van der Waals surface area contributed by atoms with Crippen molar-refractivity contribution in [2.24, 2.45) is 22.4 Å². The van der Waals surface area contributed by atoms with Crippen LogP contribution in [0.4, 0.5) is 0 Å². The van der Waals surface area contributed by atoms with Crippen molar-refractivity contribution in [2.75, 3.05) is 6.61 Å². The standard InChI is InChI=1S/C27H33NO6S/c1-27-13-12-22-21-9-5-19(29)14-18(21)4-8-23(22)24(27)10-11-25(27)34-26(30)16-33-15-17-2-6-20(7-3-17)35(28,31)32/h2-3,5-7,9,14,22-25,29H,4,8,10-13,15-16H2,1H3,(H2,28,31,32)/t22?,23?,24?,25-,27-/m0/s1. The predicted octanol–water partition coefficient (Wildman–Crippen LogP) is 4.02. The van der Waals surface area contributed by atoms with E-state index >= 15 is 0 Å². The second kappa shape index (κ2) is 9.22. The molecule has 2 aromatic rings. The highest BCUT2D eigenvalue weighted by Crippen LogP contribution is 2.61. The van der Waals surface area contributed by atoms with Gasteiger partial charge in [0.1, 0.15) is 18.5 Å². The van der Waals surface area contributed by atoms with Crippen LogP contribution >= 0.6 is 0 Å². The minimum Gasteiger partial charge on any atom is -0.508 e. The van der Waals surface area contributed by atoms with Gasteiger partial charge in [0, 0.05) is 5.41 Å². The zero-order chi connectivity index (χ0) is 24.8. The van der Waals surface area contributed by atoms with Crippen LogP contribution in [0.3, 0.4) is 0 Å². The number of primary sulfonamides is 1. The number of sulfonamides is 1. The molecule has 0 radical (unpaired) electrons. The van der Waals surface area contributed by atoms with Gasteiger partial charge < -0.3 is 14.6 Å². The summed E-state index contributed by atoms with van der Waals surface area (Å²) in [7, 11) is -3.73. The van der Waals surface area contributed by atoms with E-state index in [0.29, 0.717) is 23.5 Å². The normalized spacial score (nSPS) is 29.7. The molecule has 0 saturated heterocycles. The second-order valence-corrected chi connectivity index (χ2v) is 12.1. The first-order valence-electron chi connectivity index (χ1n) is 12.4. The van der Waals surface area contributed by atoms with Crippen molar-refractivity contribution in [3.8, 4) is 5.75 Å². The number of carbonyl (C=O) groups is 1. The summed E-state index contributed by atoms with van der Waals surface area (Å²) in [5, 5.41) is 15.0. The number of aromatic hydroxyl groups is 1. The van der Waals surface area contributed by atoms with Crippen LogP contribution in [0.1, 0.15) is 61.6 Å². The Kier molecular flexibility index (Phi) is 6.40. The second-order valence-electron chi connectivity index (χ2n) is 10.6. The number of carbonyl (C=O) groups excluding carboxylic acids is 1. The minimum atomic E-state index is -3.73. The minimum absolute atomic E-state index is 0.0191. The number of nitrogens with two attached hydrogens (primary N) is 1. The van der Waals surface area contributed by atoms with Crippen LogP contribution in [0.5, 0.6) is 5.75 Å². The van der Waals surface area contributed by atoms with E-state index < -0.39 is 10.0 Å². The summed E-state index contributed by atoms with van der Waals surface area (Å²) in [6.07, 6.45) is 6.07. The maximum atomic E-state index is 12.6. The van der Waals surface area contributed by atoms with E-state index in [9.17, 15) is 18.3 Å². The van der Waals surface area contributed by atoms with Gasteiger partial charge >= 0.3 is 5.97 Å². The van der Waals surface area contributed by atoms with Crippen LogP contribution in [0.25, 0.3) is 0 Å². The fraction of sp³-hybridized carbons (Fsp3) is 0.519. The third-order valence-corrected chi connectivity index (χ3v) is 9.57. The third-order valence-electron chi connectivity index (χ3n) is 8.64. The predicted molar refractivity (Wildman–Crippen MR) is 130 cm³/mol. The molecule has 188 valence electrons. The van der Waals surface area contributed by atoms with Crippen LogP contribution in [-0.4, -0.2) is 32.2 Å². The number of hydrogen-bond donors (Lipinski definition) is 2. The Labute approximate surface area is 206 Å². The lowest BCUT2D eigenvalue weighted by atomic mass is 9.55. The van der Waals surface area contributed by atoms with E-state index in [-0.39, 0.29) is 35.6 Å². The van der Waals surface area contributed by atoms with E-state index in [1.54, 1.807) is 12.1 Å². The van der Waals surface area contributed by atoms with Crippen LogP contribution in [-0.2, 0) is 37.3 Å². The SMILES string of the molecule is C[C@]12CCC3c4ccc(O)cc4CCC3C1CC[C@@H]2OC(=O)COCc1ccc(S(N)(=O)=O)cc1. The zero-order valence-electron chi connectivity index (χ0n) is 20.0. The maximum Gasteiger partial charge on any atom is 0.332 e. The summed E-state index contributed by atoms with van der Waals surface area (Å²) in [4.78, 5) is 12.6. The molecule has 3 unspecified atom stereocenters. The van der Waals surface area contributed by atoms with E-state index in [1.165, 1.54) is 23.3 Å². The highest BCUT2D eigenvalue weighted by Gasteiger charge is 2.56. The molecule has 0 aromatic heterocycles. The van der Waals surface area contributed by atoms with Gasteiger partial charge in [-0.25, -0.2) is 18.4 Å². The molecule has 5 rings (SSSR count). The van der Waals surface area contributed by atoms with Crippen molar-refractivity contribution in [3.63, 3.8) is 0 Å². The van der Waals surface area contributed by atoms with Crippen molar-refractivity contribution in [1.29, 1.82) is 0 Å². The number of ether oxygens (including phenoxy) is 2. The topological polar surface area (TPSA) is 116 Å². The van der Waals surface area contributed by atoms with Gasteiger partial charge in [0.15, 0.2) is 0 Å². The number of fused-ring (bicyclic) bond motifs is 5. The Hall–Kier alpha value is -2.42. The number of aryl methyl sites for hydroxylation is 1. The molecular weight excluding hydrogens is 466 g/mol. The summed E-state index contributed by atoms with van der Waals surface area (Å²) in [5.41, 5.74) is 3.41. The third kappa shape index (κ3) is 4.71. The average molecular weight is 500 g/mol. The van der Waals surface area contributed by atoms with Gasteiger partial charge in [0.05, 0.1) is 11.5 Å².